The number of benzene rings is 1. The van der Waals surface area contributed by atoms with E-state index in [4.69, 9.17) is 9.47 Å². The molecule has 0 saturated heterocycles. The van der Waals surface area contributed by atoms with Gasteiger partial charge in [-0.1, -0.05) is 35.0 Å². The van der Waals surface area contributed by atoms with Crippen molar-refractivity contribution in [1.82, 2.24) is 5.32 Å². The number of ketones is 1. The van der Waals surface area contributed by atoms with Crippen molar-refractivity contribution in [2.75, 3.05) is 13.7 Å². The number of Topliss-reactive ketones (excluding diaryl/α,β-unsaturated/α-hetero) is 1. The lowest BCUT2D eigenvalue weighted by Crippen LogP contribution is -2.43. The van der Waals surface area contributed by atoms with Crippen LogP contribution in [-0.4, -0.2) is 31.4 Å². The lowest BCUT2D eigenvalue weighted by Gasteiger charge is -2.38. The second-order valence-corrected chi connectivity index (χ2v) is 8.22. The van der Waals surface area contributed by atoms with Crippen molar-refractivity contribution in [3.63, 3.8) is 0 Å². The number of dihydropyridines is 1. The minimum Gasteiger partial charge on any atom is -0.468 e. The highest BCUT2D eigenvalue weighted by molar-refractivity contribution is 9.10. The Labute approximate surface area is 178 Å². The van der Waals surface area contributed by atoms with Crippen LogP contribution < -0.4 is 5.32 Å². The molecule has 7 heteroatoms. The summed E-state index contributed by atoms with van der Waals surface area (Å²) in [6, 6.07) is 7.47. The number of halogens is 1. The number of esters is 2. The molecule has 1 aliphatic carbocycles. The van der Waals surface area contributed by atoms with Gasteiger partial charge in [-0.2, -0.15) is 0 Å². The largest absolute Gasteiger partial charge is 0.468 e. The van der Waals surface area contributed by atoms with E-state index in [-0.39, 0.29) is 18.3 Å². The Morgan fingerprint density at radius 1 is 1.24 bits per heavy atom. The predicted octanol–water partition coefficient (Wildman–Crippen LogP) is 3.63. The number of hydrogen-bond donors (Lipinski definition) is 1. The first-order valence-corrected chi connectivity index (χ1v) is 10.3. The van der Waals surface area contributed by atoms with E-state index in [0.29, 0.717) is 23.3 Å². The summed E-state index contributed by atoms with van der Waals surface area (Å²) < 4.78 is 11.1. The molecule has 0 fully saturated rings. The first kappa shape index (κ1) is 21.3. The van der Waals surface area contributed by atoms with Crippen molar-refractivity contribution in [3.05, 3.63) is 56.8 Å². The molecular weight excluding hydrogens is 438 g/mol. The van der Waals surface area contributed by atoms with Crippen LogP contribution in [0.2, 0.25) is 0 Å². The van der Waals surface area contributed by atoms with Crippen LogP contribution in [0.1, 0.15) is 38.7 Å². The second kappa shape index (κ2) is 8.53. The molecule has 1 aliphatic heterocycles. The first-order valence-electron chi connectivity index (χ1n) is 9.55. The van der Waals surface area contributed by atoms with E-state index in [1.165, 1.54) is 7.11 Å². The van der Waals surface area contributed by atoms with Gasteiger partial charge in [0.2, 0.25) is 0 Å². The van der Waals surface area contributed by atoms with Crippen molar-refractivity contribution >= 4 is 33.7 Å². The Morgan fingerprint density at radius 3 is 2.48 bits per heavy atom. The Hall–Kier alpha value is -2.41. The average molecular weight is 462 g/mol. The minimum absolute atomic E-state index is 0.205. The Bertz CT molecular complexity index is 916. The maximum atomic E-state index is 13.5. The number of methoxy groups -OCH3 is 1. The molecule has 154 valence electrons. The number of carbonyl (C=O) groups is 3. The van der Waals surface area contributed by atoms with Gasteiger partial charge in [-0.25, -0.2) is 4.79 Å². The van der Waals surface area contributed by atoms with Gasteiger partial charge in [0.25, 0.3) is 0 Å². The zero-order valence-electron chi connectivity index (χ0n) is 16.9. The fourth-order valence-electron chi connectivity index (χ4n) is 4.15. The maximum absolute atomic E-state index is 13.5. The van der Waals surface area contributed by atoms with Crippen LogP contribution in [-0.2, 0) is 23.9 Å². The van der Waals surface area contributed by atoms with E-state index in [9.17, 15) is 14.4 Å². The van der Waals surface area contributed by atoms with Crippen molar-refractivity contribution in [3.8, 4) is 0 Å². The molecular formula is C22H24BrNO5. The normalized spacial score (nSPS) is 24.0. The average Bonchev–Trinajstić information content (AvgIpc) is 2.67. The van der Waals surface area contributed by atoms with Crippen LogP contribution >= 0.6 is 15.9 Å². The van der Waals surface area contributed by atoms with Gasteiger partial charge in [-0.3, -0.25) is 9.59 Å². The third-order valence-corrected chi connectivity index (χ3v) is 5.97. The molecule has 0 saturated carbocycles. The highest BCUT2D eigenvalue weighted by atomic mass is 79.9. The summed E-state index contributed by atoms with van der Waals surface area (Å²) in [7, 11) is 1.28. The lowest BCUT2D eigenvalue weighted by molar-refractivity contribution is -0.151. The third-order valence-electron chi connectivity index (χ3n) is 5.44. The minimum atomic E-state index is -0.889. The summed E-state index contributed by atoms with van der Waals surface area (Å²) >= 11 is 3.42. The number of hydrogen-bond acceptors (Lipinski definition) is 6. The van der Waals surface area contributed by atoms with Crippen LogP contribution in [0.5, 0.6) is 0 Å². The number of allylic oxidation sites excluding steroid dienone is 3. The molecule has 6 nitrogen and oxygen atoms in total. The van der Waals surface area contributed by atoms with Gasteiger partial charge in [0.1, 0.15) is 5.92 Å². The maximum Gasteiger partial charge on any atom is 0.336 e. The Kier molecular flexibility index (Phi) is 6.27. The van der Waals surface area contributed by atoms with E-state index in [0.717, 1.165) is 15.7 Å². The lowest BCUT2D eigenvalue weighted by atomic mass is 9.69. The number of carbonyl (C=O) groups excluding carboxylic acids is 3. The number of ether oxygens (including phenoxy) is 2. The van der Waals surface area contributed by atoms with Crippen LogP contribution in [0.4, 0.5) is 0 Å². The molecule has 1 aromatic carbocycles. The number of rotatable bonds is 4. The summed E-state index contributed by atoms with van der Waals surface area (Å²) in [5, 5.41) is 3.23. The van der Waals surface area contributed by atoms with Gasteiger partial charge < -0.3 is 14.8 Å². The zero-order valence-corrected chi connectivity index (χ0v) is 18.5. The highest BCUT2D eigenvalue weighted by Gasteiger charge is 2.47. The summed E-state index contributed by atoms with van der Waals surface area (Å²) in [5.41, 5.74) is 3.03. The summed E-state index contributed by atoms with van der Waals surface area (Å²) in [6.07, 6.45) is 0.515. The highest BCUT2D eigenvalue weighted by Crippen LogP contribution is 2.45. The molecule has 0 amide bonds. The van der Waals surface area contributed by atoms with E-state index in [2.05, 4.69) is 21.2 Å². The molecule has 0 spiro atoms. The fourth-order valence-corrected chi connectivity index (χ4v) is 4.41. The van der Waals surface area contributed by atoms with Gasteiger partial charge in [-0.15, -0.1) is 0 Å². The molecule has 3 atom stereocenters. The molecule has 0 radical (unpaired) electrons. The fraction of sp³-hybridized carbons (Fsp3) is 0.409. The van der Waals surface area contributed by atoms with Gasteiger partial charge in [0.15, 0.2) is 5.78 Å². The Balaban J connectivity index is 2.18. The SMILES string of the molecule is CCOC(=O)C1=C(C)NC2=C(C(=O)[C@H](C(=O)OC)[C@H](C)C2)[C@@H]1c1ccc(Br)cc1. The molecule has 1 heterocycles. The van der Waals surface area contributed by atoms with Gasteiger partial charge in [0, 0.05) is 27.4 Å². The molecule has 0 unspecified atom stereocenters. The standard InChI is InChI=1S/C22H24BrNO5/c1-5-29-22(27)17-12(3)24-15-10-11(2)16(21(26)28-4)20(25)19(15)18(17)13-6-8-14(23)9-7-13/h6-9,11,16,18,24H,5,10H2,1-4H3/t11-,16-,18-/m1/s1. The van der Waals surface area contributed by atoms with E-state index >= 15 is 0 Å². The molecule has 2 aliphatic rings. The molecule has 0 aromatic heterocycles. The molecule has 1 aromatic rings. The van der Waals surface area contributed by atoms with Gasteiger partial charge in [0.05, 0.1) is 19.3 Å². The first-order chi connectivity index (χ1) is 13.8. The zero-order chi connectivity index (χ0) is 21.3. The van der Waals surface area contributed by atoms with Crippen molar-refractivity contribution in [2.24, 2.45) is 11.8 Å². The summed E-state index contributed by atoms with van der Waals surface area (Å²) in [6.45, 7) is 5.64. The van der Waals surface area contributed by atoms with Crippen molar-refractivity contribution in [1.29, 1.82) is 0 Å². The summed E-state index contributed by atoms with van der Waals surface area (Å²) in [5.74, 6) is -3.03. The van der Waals surface area contributed by atoms with E-state index in [1.807, 2.05) is 38.1 Å². The van der Waals surface area contributed by atoms with E-state index in [1.54, 1.807) is 6.92 Å². The topological polar surface area (TPSA) is 81.7 Å². The quantitative estimate of drug-likeness (QED) is 0.544. The second-order valence-electron chi connectivity index (χ2n) is 7.31. The molecule has 3 rings (SSSR count). The van der Waals surface area contributed by atoms with Crippen molar-refractivity contribution in [2.45, 2.75) is 33.1 Å². The van der Waals surface area contributed by atoms with Gasteiger partial charge >= 0.3 is 11.9 Å². The van der Waals surface area contributed by atoms with Crippen LogP contribution in [0.25, 0.3) is 0 Å². The third kappa shape index (κ3) is 3.88. The monoisotopic (exact) mass is 461 g/mol. The molecule has 29 heavy (non-hydrogen) atoms. The molecule has 1 N–H and O–H groups in total. The summed E-state index contributed by atoms with van der Waals surface area (Å²) in [4.78, 5) is 38.6. The van der Waals surface area contributed by atoms with Crippen LogP contribution in [0.15, 0.2) is 51.3 Å². The predicted molar refractivity (Wildman–Crippen MR) is 111 cm³/mol. The van der Waals surface area contributed by atoms with E-state index < -0.39 is 23.8 Å². The number of nitrogens with one attached hydrogen (secondary N) is 1. The van der Waals surface area contributed by atoms with Crippen molar-refractivity contribution < 1.29 is 23.9 Å². The Morgan fingerprint density at radius 2 is 1.90 bits per heavy atom. The molecule has 0 bridgehead atoms. The van der Waals surface area contributed by atoms with Gasteiger partial charge in [-0.05, 0) is 43.9 Å². The smallest absolute Gasteiger partial charge is 0.336 e. The van der Waals surface area contributed by atoms with Crippen LogP contribution in [0.3, 0.4) is 0 Å². The van der Waals surface area contributed by atoms with Crippen LogP contribution in [0, 0.1) is 11.8 Å².